The molecule has 0 radical (unpaired) electrons. The molecular formula is C23H26Br2Cl2O. The van der Waals surface area contributed by atoms with Crippen LogP contribution in [0.1, 0.15) is 63.1 Å². The topological polar surface area (TPSA) is 17.1 Å². The lowest BCUT2D eigenvalue weighted by Gasteiger charge is -2.20. The van der Waals surface area contributed by atoms with Crippen molar-refractivity contribution in [1.82, 2.24) is 0 Å². The summed E-state index contributed by atoms with van der Waals surface area (Å²) in [6.45, 7) is 12.1. The van der Waals surface area contributed by atoms with E-state index in [4.69, 9.17) is 23.2 Å². The average Bonchev–Trinajstić information content (AvgIpc) is 2.61. The van der Waals surface area contributed by atoms with Crippen molar-refractivity contribution in [3.05, 3.63) is 66.7 Å². The highest BCUT2D eigenvalue weighted by Crippen LogP contribution is 2.34. The molecule has 0 heterocycles. The summed E-state index contributed by atoms with van der Waals surface area (Å²) in [5, 5.41) is 1.47. The van der Waals surface area contributed by atoms with Crippen LogP contribution < -0.4 is 0 Å². The third-order valence-electron chi connectivity index (χ3n) is 5.09. The molecule has 0 aliphatic rings. The van der Waals surface area contributed by atoms with Crippen LogP contribution in [0.5, 0.6) is 0 Å². The third-order valence-corrected chi connectivity index (χ3v) is 6.90. The molecule has 5 heteroatoms. The van der Waals surface area contributed by atoms with E-state index in [0.29, 0.717) is 0 Å². The van der Waals surface area contributed by atoms with Crippen LogP contribution in [0.15, 0.2) is 12.1 Å². The zero-order chi connectivity index (χ0) is 21.3. The van der Waals surface area contributed by atoms with Crippen molar-refractivity contribution < 1.29 is 4.79 Å². The highest BCUT2D eigenvalue weighted by Gasteiger charge is 2.24. The first-order valence-corrected chi connectivity index (χ1v) is 11.9. The first-order chi connectivity index (χ1) is 13.0. The Hall–Kier alpha value is -0.350. The molecule has 2 atom stereocenters. The molecule has 2 aromatic rings. The number of hydrogen-bond acceptors (Lipinski definition) is 1. The van der Waals surface area contributed by atoms with E-state index < -0.39 is 0 Å². The zero-order valence-corrected chi connectivity index (χ0v) is 21.8. The van der Waals surface area contributed by atoms with Gasteiger partial charge in [-0.25, -0.2) is 0 Å². The van der Waals surface area contributed by atoms with Gasteiger partial charge in [-0.05, 0) is 86.1 Å². The fraction of sp³-hybridized carbons (Fsp3) is 0.435. The highest BCUT2D eigenvalue weighted by molar-refractivity contribution is 9.09. The molecule has 0 fully saturated rings. The maximum Gasteiger partial charge on any atom is 0.193 e. The number of ketones is 1. The second-order valence-corrected chi connectivity index (χ2v) is 11.5. The van der Waals surface area contributed by atoms with Crippen LogP contribution in [-0.2, 0) is 12.8 Å². The van der Waals surface area contributed by atoms with Gasteiger partial charge in [-0.1, -0.05) is 68.9 Å². The summed E-state index contributed by atoms with van der Waals surface area (Å²) < 4.78 is 0. The van der Waals surface area contributed by atoms with Gasteiger partial charge in [0, 0.05) is 30.8 Å². The molecule has 0 saturated heterocycles. The zero-order valence-electron chi connectivity index (χ0n) is 17.1. The summed E-state index contributed by atoms with van der Waals surface area (Å²) in [4.78, 5) is 14.3. The molecule has 0 aliphatic carbocycles. The number of benzene rings is 2. The Bertz CT molecular complexity index is 844. The van der Waals surface area contributed by atoms with Gasteiger partial charge in [0.05, 0.1) is 0 Å². The molecule has 0 aromatic heterocycles. The second-order valence-electron chi connectivity index (χ2n) is 7.62. The number of hydrogen-bond donors (Lipinski definition) is 0. The number of rotatable bonds is 6. The Morgan fingerprint density at radius 1 is 0.821 bits per heavy atom. The molecule has 1 nitrogen and oxygen atoms in total. The van der Waals surface area contributed by atoms with Crippen LogP contribution in [0.4, 0.5) is 0 Å². The number of aryl methyl sites for hydroxylation is 2. The van der Waals surface area contributed by atoms with Gasteiger partial charge >= 0.3 is 0 Å². The fourth-order valence-electron chi connectivity index (χ4n) is 3.63. The summed E-state index contributed by atoms with van der Waals surface area (Å²) in [5.74, 6) is 0.0389. The lowest BCUT2D eigenvalue weighted by molar-refractivity contribution is 0.103. The lowest BCUT2D eigenvalue weighted by atomic mass is 9.86. The Labute approximate surface area is 195 Å². The molecule has 0 amide bonds. The second kappa shape index (κ2) is 9.64. The Balaban J connectivity index is 2.76. The van der Waals surface area contributed by atoms with Gasteiger partial charge in [0.2, 0.25) is 0 Å². The van der Waals surface area contributed by atoms with Crippen LogP contribution in [0, 0.1) is 27.7 Å². The molecule has 28 heavy (non-hydrogen) atoms. The molecule has 0 bridgehead atoms. The van der Waals surface area contributed by atoms with E-state index in [1.807, 2.05) is 39.8 Å². The van der Waals surface area contributed by atoms with Gasteiger partial charge in [0.15, 0.2) is 5.78 Å². The Morgan fingerprint density at radius 3 is 1.43 bits per heavy atom. The van der Waals surface area contributed by atoms with Crippen molar-refractivity contribution in [2.75, 3.05) is 0 Å². The standard InChI is InChI=1S/C23H26Br2Cl2O/c1-11-7-19(17(9-13(3)24)15(5)21(11)26)23(28)20-8-12(2)22(27)16(6)18(20)10-14(4)25/h7-8,13-14H,9-10H2,1-6H3. The van der Waals surface area contributed by atoms with Crippen molar-refractivity contribution in [2.24, 2.45) is 0 Å². The summed E-state index contributed by atoms with van der Waals surface area (Å²) in [7, 11) is 0. The largest absolute Gasteiger partial charge is 0.289 e. The number of carbonyl (C=O) groups is 1. The van der Waals surface area contributed by atoms with Gasteiger partial charge < -0.3 is 0 Å². The van der Waals surface area contributed by atoms with Crippen molar-refractivity contribution in [1.29, 1.82) is 0 Å². The van der Waals surface area contributed by atoms with E-state index in [0.717, 1.165) is 67.4 Å². The van der Waals surface area contributed by atoms with Crippen LogP contribution in [0.25, 0.3) is 0 Å². The van der Waals surface area contributed by atoms with Crippen molar-refractivity contribution >= 4 is 60.8 Å². The van der Waals surface area contributed by atoms with Crippen molar-refractivity contribution in [2.45, 2.75) is 64.0 Å². The minimum atomic E-state index is 0.0389. The summed E-state index contributed by atoms with van der Waals surface area (Å²) >= 11 is 20.3. The molecule has 2 aromatic carbocycles. The number of halogens is 4. The lowest BCUT2D eigenvalue weighted by Crippen LogP contribution is -2.15. The predicted molar refractivity (Wildman–Crippen MR) is 129 cm³/mol. The molecule has 0 aliphatic heterocycles. The van der Waals surface area contributed by atoms with Crippen LogP contribution in [0.3, 0.4) is 0 Å². The minimum Gasteiger partial charge on any atom is -0.289 e. The normalized spacial score (nSPS) is 13.5. The van der Waals surface area contributed by atoms with Crippen LogP contribution in [0.2, 0.25) is 10.0 Å². The van der Waals surface area contributed by atoms with Gasteiger partial charge in [-0.2, -0.15) is 0 Å². The summed E-state index contributed by atoms with van der Waals surface area (Å²) in [6.07, 6.45) is 1.48. The van der Waals surface area contributed by atoms with E-state index in [1.54, 1.807) is 0 Å². The molecule has 0 N–H and O–H groups in total. The maximum atomic E-state index is 13.8. The average molecular weight is 549 g/mol. The van der Waals surface area contributed by atoms with Gasteiger partial charge in [-0.15, -0.1) is 0 Å². The molecule has 0 spiro atoms. The monoisotopic (exact) mass is 546 g/mol. The Morgan fingerprint density at radius 2 is 1.14 bits per heavy atom. The highest BCUT2D eigenvalue weighted by atomic mass is 79.9. The van der Waals surface area contributed by atoms with Crippen LogP contribution >= 0.6 is 55.1 Å². The smallest absolute Gasteiger partial charge is 0.193 e. The molecule has 2 rings (SSSR count). The minimum absolute atomic E-state index is 0.0389. The Kier molecular flexibility index (Phi) is 8.24. The van der Waals surface area contributed by atoms with E-state index >= 15 is 0 Å². The summed E-state index contributed by atoms with van der Waals surface area (Å²) in [6, 6.07) is 3.87. The van der Waals surface area contributed by atoms with Gasteiger partial charge in [0.1, 0.15) is 0 Å². The quantitative estimate of drug-likeness (QED) is 0.263. The molecular weight excluding hydrogens is 523 g/mol. The van der Waals surface area contributed by atoms with Gasteiger partial charge in [0.25, 0.3) is 0 Å². The summed E-state index contributed by atoms with van der Waals surface area (Å²) in [5.41, 5.74) is 7.28. The molecule has 152 valence electrons. The first-order valence-electron chi connectivity index (χ1n) is 9.35. The number of carbonyl (C=O) groups excluding carboxylic acids is 1. The molecule has 2 unspecified atom stereocenters. The first kappa shape index (κ1) is 23.9. The van der Waals surface area contributed by atoms with Crippen molar-refractivity contribution in [3.8, 4) is 0 Å². The van der Waals surface area contributed by atoms with Crippen LogP contribution in [-0.4, -0.2) is 15.4 Å². The van der Waals surface area contributed by atoms with E-state index in [2.05, 4.69) is 45.7 Å². The fourth-order valence-corrected chi connectivity index (χ4v) is 4.62. The predicted octanol–water partition coefficient (Wildman–Crippen LogP) is 8.11. The number of alkyl halides is 2. The third kappa shape index (κ3) is 5.03. The SMILES string of the molecule is Cc1cc(C(=O)c2cc(C)c(Cl)c(C)c2CC(C)Br)c(CC(C)Br)c(C)c1Cl. The maximum absolute atomic E-state index is 13.8. The van der Waals surface area contributed by atoms with E-state index in [1.165, 1.54) is 0 Å². The van der Waals surface area contributed by atoms with Gasteiger partial charge in [-0.3, -0.25) is 4.79 Å². The molecule has 0 saturated carbocycles. The van der Waals surface area contributed by atoms with E-state index in [-0.39, 0.29) is 15.4 Å². The van der Waals surface area contributed by atoms with E-state index in [9.17, 15) is 4.79 Å². The van der Waals surface area contributed by atoms with Crippen molar-refractivity contribution in [3.63, 3.8) is 0 Å².